The van der Waals surface area contributed by atoms with E-state index >= 15 is 0 Å². The molecule has 3 nitrogen and oxygen atoms in total. The Morgan fingerprint density at radius 3 is 1.95 bits per heavy atom. The van der Waals surface area contributed by atoms with Crippen molar-refractivity contribution < 1.29 is 4.74 Å². The number of hydrogen-bond acceptors (Lipinski definition) is 3. The molecule has 21 heavy (non-hydrogen) atoms. The van der Waals surface area contributed by atoms with Crippen LogP contribution in [0.4, 0.5) is 0 Å². The van der Waals surface area contributed by atoms with Gasteiger partial charge in [-0.2, -0.15) is 0 Å². The molecule has 3 aromatic rings. The lowest BCUT2D eigenvalue weighted by molar-refractivity contribution is 0.125. The van der Waals surface area contributed by atoms with Crippen molar-refractivity contribution in [2.45, 2.75) is 26.4 Å². The molecule has 0 saturated heterocycles. The van der Waals surface area contributed by atoms with E-state index in [0.29, 0.717) is 5.88 Å². The summed E-state index contributed by atoms with van der Waals surface area (Å²) < 4.78 is 6.02. The lowest BCUT2D eigenvalue weighted by Gasteiger charge is -2.22. The monoisotopic (exact) mass is 278 g/mol. The fourth-order valence-electron chi connectivity index (χ4n) is 2.13. The van der Waals surface area contributed by atoms with Crippen LogP contribution in [0.5, 0.6) is 5.88 Å². The molecule has 0 aliphatic heterocycles. The highest BCUT2D eigenvalue weighted by molar-refractivity contribution is 5.79. The van der Waals surface area contributed by atoms with Gasteiger partial charge in [0.05, 0.1) is 11.0 Å². The predicted octanol–water partition coefficient (Wildman–Crippen LogP) is 4.47. The SMILES string of the molecule is CC(C)(C)Oc1nc2ccccc2nc1-c1ccccc1. The van der Waals surface area contributed by atoms with Crippen molar-refractivity contribution >= 4 is 11.0 Å². The largest absolute Gasteiger partial charge is 0.470 e. The summed E-state index contributed by atoms with van der Waals surface area (Å²) in [6.45, 7) is 6.04. The first-order valence-electron chi connectivity index (χ1n) is 7.04. The Morgan fingerprint density at radius 1 is 0.762 bits per heavy atom. The number of aromatic nitrogens is 2. The van der Waals surface area contributed by atoms with Crippen LogP contribution in [0.15, 0.2) is 54.6 Å². The van der Waals surface area contributed by atoms with Gasteiger partial charge in [-0.05, 0) is 32.9 Å². The summed E-state index contributed by atoms with van der Waals surface area (Å²) in [5, 5.41) is 0. The van der Waals surface area contributed by atoms with Crippen LogP contribution in [-0.2, 0) is 0 Å². The van der Waals surface area contributed by atoms with Crippen LogP contribution in [0.1, 0.15) is 20.8 Å². The van der Waals surface area contributed by atoms with Gasteiger partial charge in [-0.3, -0.25) is 0 Å². The molecule has 0 unspecified atom stereocenters. The third-order valence-corrected chi connectivity index (χ3v) is 2.99. The Bertz CT molecular complexity index is 761. The lowest BCUT2D eigenvalue weighted by atomic mass is 10.1. The molecule has 0 aliphatic carbocycles. The third kappa shape index (κ3) is 3.02. The van der Waals surface area contributed by atoms with Crippen molar-refractivity contribution in [3.8, 4) is 17.1 Å². The van der Waals surface area contributed by atoms with Gasteiger partial charge in [-0.15, -0.1) is 0 Å². The molecule has 0 spiro atoms. The number of para-hydroxylation sites is 2. The molecule has 0 bridgehead atoms. The number of nitrogens with zero attached hydrogens (tertiary/aromatic N) is 2. The van der Waals surface area contributed by atoms with Crippen molar-refractivity contribution in [3.63, 3.8) is 0 Å². The van der Waals surface area contributed by atoms with E-state index in [1.54, 1.807) is 0 Å². The molecule has 0 atom stereocenters. The van der Waals surface area contributed by atoms with Crippen molar-refractivity contribution in [2.24, 2.45) is 0 Å². The summed E-state index contributed by atoms with van der Waals surface area (Å²) in [6.07, 6.45) is 0. The zero-order valence-electron chi connectivity index (χ0n) is 12.5. The average molecular weight is 278 g/mol. The van der Waals surface area contributed by atoms with Gasteiger partial charge in [0.25, 0.3) is 0 Å². The molecule has 0 fully saturated rings. The Kier molecular flexibility index (Phi) is 3.34. The first-order chi connectivity index (χ1) is 10.0. The van der Waals surface area contributed by atoms with Gasteiger partial charge >= 0.3 is 0 Å². The van der Waals surface area contributed by atoms with E-state index < -0.39 is 0 Å². The molecule has 3 rings (SSSR count). The number of hydrogen-bond donors (Lipinski definition) is 0. The molecule has 1 heterocycles. The van der Waals surface area contributed by atoms with Crippen LogP contribution in [0, 0.1) is 0 Å². The summed E-state index contributed by atoms with van der Waals surface area (Å²) in [5.74, 6) is 0.576. The molecular formula is C18H18N2O. The second-order valence-electron chi connectivity index (χ2n) is 5.95. The average Bonchev–Trinajstić information content (AvgIpc) is 2.46. The van der Waals surface area contributed by atoms with Crippen molar-refractivity contribution in [1.82, 2.24) is 9.97 Å². The quantitative estimate of drug-likeness (QED) is 0.693. The predicted molar refractivity (Wildman–Crippen MR) is 85.4 cm³/mol. The second-order valence-corrected chi connectivity index (χ2v) is 5.95. The summed E-state index contributed by atoms with van der Waals surface area (Å²) in [7, 11) is 0. The van der Waals surface area contributed by atoms with E-state index in [4.69, 9.17) is 9.72 Å². The first-order valence-corrected chi connectivity index (χ1v) is 7.04. The molecule has 0 amide bonds. The van der Waals surface area contributed by atoms with Crippen LogP contribution in [0.3, 0.4) is 0 Å². The van der Waals surface area contributed by atoms with Gasteiger partial charge in [0.15, 0.2) is 0 Å². The summed E-state index contributed by atoms with van der Waals surface area (Å²) >= 11 is 0. The summed E-state index contributed by atoms with van der Waals surface area (Å²) in [6, 6.07) is 17.9. The molecule has 0 N–H and O–H groups in total. The highest BCUT2D eigenvalue weighted by atomic mass is 16.5. The fourth-order valence-corrected chi connectivity index (χ4v) is 2.13. The van der Waals surface area contributed by atoms with Gasteiger partial charge in [0.1, 0.15) is 11.3 Å². The van der Waals surface area contributed by atoms with Crippen LogP contribution in [0.25, 0.3) is 22.3 Å². The second kappa shape index (κ2) is 5.17. The number of rotatable bonds is 2. The van der Waals surface area contributed by atoms with E-state index in [0.717, 1.165) is 22.3 Å². The third-order valence-electron chi connectivity index (χ3n) is 2.99. The molecule has 0 aliphatic rings. The van der Waals surface area contributed by atoms with Crippen LogP contribution < -0.4 is 4.74 Å². The van der Waals surface area contributed by atoms with E-state index in [2.05, 4.69) is 4.98 Å². The summed E-state index contributed by atoms with van der Waals surface area (Å²) in [4.78, 5) is 9.39. The highest BCUT2D eigenvalue weighted by Gasteiger charge is 2.18. The van der Waals surface area contributed by atoms with E-state index in [-0.39, 0.29) is 5.60 Å². The maximum Gasteiger partial charge on any atom is 0.241 e. The zero-order valence-corrected chi connectivity index (χ0v) is 12.5. The Labute approximate surface area is 124 Å². The number of ether oxygens (including phenoxy) is 1. The Hall–Kier alpha value is -2.42. The van der Waals surface area contributed by atoms with Gasteiger partial charge in [-0.1, -0.05) is 42.5 Å². The van der Waals surface area contributed by atoms with Crippen LogP contribution >= 0.6 is 0 Å². The normalized spacial score (nSPS) is 11.6. The van der Waals surface area contributed by atoms with Crippen LogP contribution in [0.2, 0.25) is 0 Å². The standard InChI is InChI=1S/C18H18N2O/c1-18(2,3)21-17-16(13-9-5-4-6-10-13)19-14-11-7-8-12-15(14)20-17/h4-12H,1-3H3. The van der Waals surface area contributed by atoms with Gasteiger partial charge < -0.3 is 4.74 Å². The number of benzene rings is 2. The minimum Gasteiger partial charge on any atom is -0.470 e. The maximum atomic E-state index is 6.02. The molecule has 1 aromatic heterocycles. The van der Waals surface area contributed by atoms with Crippen LogP contribution in [-0.4, -0.2) is 15.6 Å². The minimum absolute atomic E-state index is 0.319. The molecule has 3 heteroatoms. The topological polar surface area (TPSA) is 35.0 Å². The van der Waals surface area contributed by atoms with Crippen molar-refractivity contribution in [1.29, 1.82) is 0 Å². The zero-order chi connectivity index (χ0) is 14.9. The Morgan fingerprint density at radius 2 is 1.33 bits per heavy atom. The Balaban J connectivity index is 2.22. The first kappa shape index (κ1) is 13.6. The summed E-state index contributed by atoms with van der Waals surface area (Å²) in [5.41, 5.74) is 3.19. The molecule has 106 valence electrons. The lowest BCUT2D eigenvalue weighted by Crippen LogP contribution is -2.24. The molecule has 0 radical (unpaired) electrons. The van der Waals surface area contributed by atoms with Gasteiger partial charge in [0.2, 0.25) is 5.88 Å². The smallest absolute Gasteiger partial charge is 0.241 e. The molecule has 2 aromatic carbocycles. The van der Waals surface area contributed by atoms with E-state index in [1.807, 2.05) is 75.4 Å². The van der Waals surface area contributed by atoms with E-state index in [9.17, 15) is 0 Å². The van der Waals surface area contributed by atoms with Crippen molar-refractivity contribution in [2.75, 3.05) is 0 Å². The molecule has 0 saturated carbocycles. The van der Waals surface area contributed by atoms with Gasteiger partial charge in [-0.25, -0.2) is 9.97 Å². The highest BCUT2D eigenvalue weighted by Crippen LogP contribution is 2.30. The molecular weight excluding hydrogens is 260 g/mol. The maximum absolute atomic E-state index is 6.02. The minimum atomic E-state index is -0.319. The van der Waals surface area contributed by atoms with Crippen molar-refractivity contribution in [3.05, 3.63) is 54.6 Å². The van der Waals surface area contributed by atoms with Gasteiger partial charge in [0, 0.05) is 5.56 Å². The number of fused-ring (bicyclic) bond motifs is 1. The van der Waals surface area contributed by atoms with E-state index in [1.165, 1.54) is 0 Å². The fraction of sp³-hybridized carbons (Fsp3) is 0.222.